The second kappa shape index (κ2) is 13.5. The highest BCUT2D eigenvalue weighted by molar-refractivity contribution is 6.42. The van der Waals surface area contributed by atoms with Crippen molar-refractivity contribution in [2.75, 3.05) is 13.7 Å². The topological polar surface area (TPSA) is 98.1 Å². The minimum atomic E-state index is -0.722. The molecule has 4 aromatic rings. The Hall–Kier alpha value is -3.59. The van der Waals surface area contributed by atoms with E-state index in [1.165, 1.54) is 7.05 Å². The lowest BCUT2D eigenvalue weighted by Gasteiger charge is -2.17. The molecular weight excluding hydrogens is 561 g/mol. The standard InChI is InChI=1S/C28H26Cl3N5O3/c1-32-28(38)25(14-18-5-2-7-20(29)13-18)34-26(37)8-4-12-39-27-16-24(19-6-3-11-33-17-19)35-36(27)21-9-10-22(30)23(31)15-21/h2-3,5-7,9-11,13,15-17,25H,4,8,12,14H2,1H3,(H,32,38)(H,34,37)/t25-/m0/s1. The van der Waals surface area contributed by atoms with Gasteiger partial charge in [0.2, 0.25) is 17.7 Å². The Morgan fingerprint density at radius 2 is 1.87 bits per heavy atom. The van der Waals surface area contributed by atoms with Gasteiger partial charge in [0, 0.05) is 48.9 Å². The zero-order valence-corrected chi connectivity index (χ0v) is 23.3. The van der Waals surface area contributed by atoms with E-state index in [9.17, 15) is 9.59 Å². The van der Waals surface area contributed by atoms with E-state index in [4.69, 9.17) is 39.5 Å². The third kappa shape index (κ3) is 7.72. The molecule has 1 atom stereocenters. The Morgan fingerprint density at radius 1 is 1.03 bits per heavy atom. The molecule has 2 aromatic carbocycles. The van der Waals surface area contributed by atoms with Crippen molar-refractivity contribution in [1.82, 2.24) is 25.4 Å². The van der Waals surface area contributed by atoms with Gasteiger partial charge in [0.15, 0.2) is 0 Å². The Bertz CT molecular complexity index is 1450. The van der Waals surface area contributed by atoms with Crippen LogP contribution < -0.4 is 15.4 Å². The number of benzene rings is 2. The molecule has 8 nitrogen and oxygen atoms in total. The maximum absolute atomic E-state index is 12.7. The normalized spacial score (nSPS) is 11.6. The zero-order chi connectivity index (χ0) is 27.8. The van der Waals surface area contributed by atoms with Crippen molar-refractivity contribution in [3.05, 3.63) is 93.7 Å². The van der Waals surface area contributed by atoms with Crippen molar-refractivity contribution in [2.45, 2.75) is 25.3 Å². The number of hydrogen-bond donors (Lipinski definition) is 2. The average molecular weight is 587 g/mol. The first-order valence-corrected chi connectivity index (χ1v) is 13.3. The zero-order valence-electron chi connectivity index (χ0n) is 21.0. The van der Waals surface area contributed by atoms with Crippen LogP contribution in [0, 0.1) is 0 Å². The summed E-state index contributed by atoms with van der Waals surface area (Å²) in [6.45, 7) is 0.242. The van der Waals surface area contributed by atoms with Crippen LogP contribution >= 0.6 is 34.8 Å². The Kier molecular flexibility index (Phi) is 9.81. The van der Waals surface area contributed by atoms with Gasteiger partial charge in [-0.2, -0.15) is 5.10 Å². The molecule has 4 rings (SSSR count). The van der Waals surface area contributed by atoms with Crippen LogP contribution in [0.4, 0.5) is 0 Å². The molecule has 0 aliphatic heterocycles. The van der Waals surface area contributed by atoms with E-state index in [0.717, 1.165) is 11.1 Å². The van der Waals surface area contributed by atoms with Crippen molar-refractivity contribution >= 4 is 46.6 Å². The van der Waals surface area contributed by atoms with E-state index in [0.29, 0.717) is 45.2 Å². The first-order chi connectivity index (χ1) is 18.8. The Labute approximate surface area is 241 Å². The molecule has 0 aliphatic carbocycles. The van der Waals surface area contributed by atoms with Gasteiger partial charge in [-0.1, -0.05) is 46.9 Å². The number of carbonyl (C=O) groups is 2. The van der Waals surface area contributed by atoms with Crippen LogP contribution in [0.1, 0.15) is 18.4 Å². The summed E-state index contributed by atoms with van der Waals surface area (Å²) in [5.41, 5.74) is 3.00. The lowest BCUT2D eigenvalue weighted by Crippen LogP contribution is -2.47. The number of hydrogen-bond acceptors (Lipinski definition) is 5. The van der Waals surface area contributed by atoms with Gasteiger partial charge in [0.1, 0.15) is 6.04 Å². The van der Waals surface area contributed by atoms with Gasteiger partial charge in [-0.25, -0.2) is 4.68 Å². The third-order valence-corrected chi connectivity index (χ3v) is 6.78. The Morgan fingerprint density at radius 3 is 2.59 bits per heavy atom. The highest BCUT2D eigenvalue weighted by Crippen LogP contribution is 2.29. The largest absolute Gasteiger partial charge is 0.478 e. The molecule has 2 aromatic heterocycles. The number of rotatable bonds is 11. The number of amides is 2. The molecular formula is C28H26Cl3N5O3. The van der Waals surface area contributed by atoms with Gasteiger partial charge in [-0.3, -0.25) is 14.6 Å². The summed E-state index contributed by atoms with van der Waals surface area (Å²) in [6.07, 6.45) is 4.30. The van der Waals surface area contributed by atoms with Crippen molar-refractivity contribution in [3.63, 3.8) is 0 Å². The summed E-state index contributed by atoms with van der Waals surface area (Å²) in [5.74, 6) is -0.0758. The molecule has 0 unspecified atom stereocenters. The van der Waals surface area contributed by atoms with E-state index in [1.54, 1.807) is 59.5 Å². The Balaban J connectivity index is 1.40. The second-order valence-corrected chi connectivity index (χ2v) is 9.89. The number of ether oxygens (including phenoxy) is 1. The van der Waals surface area contributed by atoms with Crippen molar-refractivity contribution < 1.29 is 14.3 Å². The fraction of sp³-hybridized carbons (Fsp3) is 0.214. The quantitative estimate of drug-likeness (QED) is 0.225. The van der Waals surface area contributed by atoms with Crippen LogP contribution in [0.3, 0.4) is 0 Å². The maximum atomic E-state index is 12.7. The summed E-state index contributed by atoms with van der Waals surface area (Å²) in [4.78, 5) is 29.2. The fourth-order valence-electron chi connectivity index (χ4n) is 3.88. The molecule has 0 fully saturated rings. The second-order valence-electron chi connectivity index (χ2n) is 8.64. The smallest absolute Gasteiger partial charge is 0.242 e. The van der Waals surface area contributed by atoms with E-state index in [2.05, 4.69) is 20.7 Å². The van der Waals surface area contributed by atoms with Crippen LogP contribution in [-0.2, 0) is 16.0 Å². The number of nitrogens with one attached hydrogen (secondary N) is 2. The third-order valence-electron chi connectivity index (χ3n) is 5.81. The molecule has 2 amide bonds. The van der Waals surface area contributed by atoms with Crippen molar-refractivity contribution in [3.8, 4) is 22.8 Å². The molecule has 0 spiro atoms. The van der Waals surface area contributed by atoms with Gasteiger partial charge in [0.05, 0.1) is 28.0 Å². The van der Waals surface area contributed by atoms with Crippen LogP contribution in [0.2, 0.25) is 15.1 Å². The lowest BCUT2D eigenvalue weighted by molar-refractivity contribution is -0.128. The number of pyridine rings is 1. The van der Waals surface area contributed by atoms with Crippen LogP contribution in [0.25, 0.3) is 16.9 Å². The molecule has 2 heterocycles. The van der Waals surface area contributed by atoms with Gasteiger partial charge < -0.3 is 15.4 Å². The summed E-state index contributed by atoms with van der Waals surface area (Å²) < 4.78 is 7.65. The van der Waals surface area contributed by atoms with E-state index >= 15 is 0 Å². The highest BCUT2D eigenvalue weighted by atomic mass is 35.5. The number of halogens is 3. The van der Waals surface area contributed by atoms with E-state index in [1.807, 2.05) is 18.2 Å². The van der Waals surface area contributed by atoms with Crippen LogP contribution in [0.15, 0.2) is 73.1 Å². The summed E-state index contributed by atoms with van der Waals surface area (Å²) in [7, 11) is 1.53. The minimum absolute atomic E-state index is 0.166. The summed E-state index contributed by atoms with van der Waals surface area (Å²) in [6, 6.07) is 17.2. The monoisotopic (exact) mass is 585 g/mol. The lowest BCUT2D eigenvalue weighted by atomic mass is 10.0. The molecule has 202 valence electrons. The van der Waals surface area contributed by atoms with Crippen LogP contribution in [-0.4, -0.2) is 46.3 Å². The number of carbonyl (C=O) groups excluding carboxylic acids is 2. The first kappa shape index (κ1) is 28.4. The molecule has 0 saturated heterocycles. The van der Waals surface area contributed by atoms with Gasteiger partial charge in [-0.05, 0) is 54.4 Å². The molecule has 39 heavy (non-hydrogen) atoms. The molecule has 0 radical (unpaired) electrons. The van der Waals surface area contributed by atoms with Gasteiger partial charge >= 0.3 is 0 Å². The molecule has 0 bridgehead atoms. The molecule has 0 saturated carbocycles. The van der Waals surface area contributed by atoms with E-state index in [-0.39, 0.29) is 24.8 Å². The first-order valence-electron chi connectivity index (χ1n) is 12.2. The summed E-state index contributed by atoms with van der Waals surface area (Å²) >= 11 is 18.4. The fourth-order valence-corrected chi connectivity index (χ4v) is 4.39. The maximum Gasteiger partial charge on any atom is 0.242 e. The minimum Gasteiger partial charge on any atom is -0.478 e. The summed E-state index contributed by atoms with van der Waals surface area (Å²) in [5, 5.41) is 11.5. The molecule has 11 heteroatoms. The highest BCUT2D eigenvalue weighted by Gasteiger charge is 2.20. The van der Waals surface area contributed by atoms with Crippen molar-refractivity contribution in [2.24, 2.45) is 0 Å². The van der Waals surface area contributed by atoms with Crippen LogP contribution in [0.5, 0.6) is 5.88 Å². The van der Waals surface area contributed by atoms with Gasteiger partial charge in [-0.15, -0.1) is 0 Å². The number of nitrogens with zero attached hydrogens (tertiary/aromatic N) is 3. The SMILES string of the molecule is CNC(=O)[C@H](Cc1cccc(Cl)c1)NC(=O)CCCOc1cc(-c2cccnc2)nn1-c1ccc(Cl)c(Cl)c1. The molecule has 2 N–H and O–H groups in total. The van der Waals surface area contributed by atoms with E-state index < -0.39 is 6.04 Å². The van der Waals surface area contributed by atoms with Crippen molar-refractivity contribution in [1.29, 1.82) is 0 Å². The predicted octanol–water partition coefficient (Wildman–Crippen LogP) is 5.53. The molecule has 0 aliphatic rings. The average Bonchev–Trinajstić information content (AvgIpc) is 3.36. The number of aromatic nitrogens is 3. The number of likely N-dealkylation sites (N-methyl/N-ethyl adjacent to an activating group) is 1. The van der Waals surface area contributed by atoms with Gasteiger partial charge in [0.25, 0.3) is 0 Å². The predicted molar refractivity (Wildman–Crippen MR) is 153 cm³/mol.